The van der Waals surface area contributed by atoms with Gasteiger partial charge in [0.05, 0.1) is 28.3 Å². The molecule has 0 saturated heterocycles. The molecule has 0 heterocycles. The largest absolute Gasteiger partial charge is 0.497 e. The average Bonchev–Trinajstić information content (AvgIpc) is 2.88. The lowest BCUT2D eigenvalue weighted by Gasteiger charge is -2.13. The average molecular weight is 599 g/mol. The quantitative estimate of drug-likeness (QED) is 0.0727. The number of anilines is 1. The van der Waals surface area contributed by atoms with Crippen LogP contribution in [0.1, 0.15) is 15.9 Å². The Morgan fingerprint density at radius 3 is 2.42 bits per heavy atom. The summed E-state index contributed by atoms with van der Waals surface area (Å²) in [6, 6.07) is 16.7. The van der Waals surface area contributed by atoms with Crippen LogP contribution >= 0.6 is 22.6 Å². The van der Waals surface area contributed by atoms with Crippen molar-refractivity contribution in [3.05, 3.63) is 91.0 Å². The van der Waals surface area contributed by atoms with Gasteiger partial charge in [0.15, 0.2) is 11.5 Å². The van der Waals surface area contributed by atoms with Crippen LogP contribution in [0.5, 0.6) is 17.2 Å². The summed E-state index contributed by atoms with van der Waals surface area (Å²) in [7, 11) is 2.91. The number of hydrogen-bond acceptors (Lipinski definition) is 8. The number of benzene rings is 3. The molecule has 0 saturated carbocycles. The minimum atomic E-state index is -0.748. The summed E-state index contributed by atoms with van der Waals surface area (Å²) in [5.74, 6) is -0.368. The molecule has 3 rings (SSSR count). The molecule has 0 aliphatic rings. The van der Waals surface area contributed by atoms with Gasteiger partial charge in [-0.2, -0.15) is 5.26 Å². The van der Waals surface area contributed by atoms with Crippen LogP contribution in [0.15, 0.2) is 66.2 Å². The second kappa shape index (κ2) is 11.8. The van der Waals surface area contributed by atoms with Crippen molar-refractivity contribution in [2.75, 3.05) is 19.5 Å². The van der Waals surface area contributed by atoms with Gasteiger partial charge in [-0.05, 0) is 76.7 Å². The minimum Gasteiger partial charge on any atom is -0.497 e. The Hall–Kier alpha value is -4.44. The molecular weight excluding hydrogens is 581 g/mol. The number of nitrogens with one attached hydrogen (secondary N) is 1. The number of non-ortho nitro benzene ring substituents is 1. The number of nitro groups is 1. The molecule has 3 aromatic rings. The molecule has 1 N–H and O–H groups in total. The summed E-state index contributed by atoms with van der Waals surface area (Å²) in [5, 5.41) is 22.9. The van der Waals surface area contributed by atoms with Crippen LogP contribution in [0, 0.1) is 25.0 Å². The van der Waals surface area contributed by atoms with Crippen molar-refractivity contribution in [3.8, 4) is 23.3 Å². The summed E-state index contributed by atoms with van der Waals surface area (Å²) < 4.78 is 16.5. The normalized spacial score (nSPS) is 10.7. The summed E-state index contributed by atoms with van der Waals surface area (Å²) >= 11 is 1.95. The van der Waals surface area contributed by atoms with Gasteiger partial charge in [0.25, 0.3) is 11.6 Å². The number of carbonyl (C=O) groups excluding carboxylic acids is 2. The van der Waals surface area contributed by atoms with Gasteiger partial charge in [-0.3, -0.25) is 14.9 Å². The first-order valence-electron chi connectivity index (χ1n) is 10.2. The monoisotopic (exact) mass is 599 g/mol. The van der Waals surface area contributed by atoms with Crippen LogP contribution in [0.3, 0.4) is 0 Å². The van der Waals surface area contributed by atoms with E-state index in [2.05, 4.69) is 5.32 Å². The van der Waals surface area contributed by atoms with Gasteiger partial charge >= 0.3 is 5.97 Å². The number of nitrogens with zero attached hydrogens (tertiary/aromatic N) is 2. The van der Waals surface area contributed by atoms with Crippen LogP contribution in [-0.4, -0.2) is 31.0 Å². The van der Waals surface area contributed by atoms with Gasteiger partial charge in [0.2, 0.25) is 0 Å². The first kappa shape index (κ1) is 26.2. The highest BCUT2D eigenvalue weighted by Gasteiger charge is 2.18. The number of esters is 1. The van der Waals surface area contributed by atoms with Crippen molar-refractivity contribution in [1.29, 1.82) is 5.26 Å². The highest BCUT2D eigenvalue weighted by Crippen LogP contribution is 2.35. The van der Waals surface area contributed by atoms with E-state index in [-0.39, 0.29) is 28.4 Å². The number of ether oxygens (including phenoxy) is 3. The van der Waals surface area contributed by atoms with E-state index in [1.807, 2.05) is 28.7 Å². The van der Waals surface area contributed by atoms with E-state index in [0.717, 1.165) is 0 Å². The van der Waals surface area contributed by atoms with Gasteiger partial charge in [-0.15, -0.1) is 0 Å². The minimum absolute atomic E-state index is 0.170. The number of methoxy groups -OCH3 is 2. The summed E-state index contributed by atoms with van der Waals surface area (Å²) in [6.45, 7) is 0. The number of halogens is 1. The molecule has 10 nitrogen and oxygen atoms in total. The van der Waals surface area contributed by atoms with Crippen molar-refractivity contribution in [2.45, 2.75) is 0 Å². The molecule has 0 radical (unpaired) electrons. The van der Waals surface area contributed by atoms with Crippen LogP contribution in [0.2, 0.25) is 0 Å². The fourth-order valence-corrected chi connectivity index (χ4v) is 3.75. The molecule has 0 bridgehead atoms. The molecule has 0 aliphatic heterocycles. The summed E-state index contributed by atoms with van der Waals surface area (Å²) in [4.78, 5) is 35.6. The Kier molecular flexibility index (Phi) is 8.58. The fourth-order valence-electron chi connectivity index (χ4n) is 3.01. The molecule has 11 heteroatoms. The van der Waals surface area contributed by atoms with Gasteiger partial charge in [0.1, 0.15) is 17.4 Å². The Labute approximate surface area is 219 Å². The molecule has 182 valence electrons. The maximum absolute atomic E-state index is 12.6. The van der Waals surface area contributed by atoms with Gasteiger partial charge < -0.3 is 19.5 Å². The number of amides is 1. The predicted molar refractivity (Wildman–Crippen MR) is 139 cm³/mol. The van der Waals surface area contributed by atoms with Gasteiger partial charge in [-0.1, -0.05) is 6.07 Å². The third-order valence-electron chi connectivity index (χ3n) is 4.76. The van der Waals surface area contributed by atoms with E-state index in [9.17, 15) is 25.0 Å². The zero-order chi connectivity index (χ0) is 26.2. The van der Waals surface area contributed by atoms with E-state index in [1.54, 1.807) is 30.3 Å². The second-order valence-corrected chi connectivity index (χ2v) is 8.25. The molecule has 0 aromatic heterocycles. The number of rotatable bonds is 8. The molecule has 1 amide bonds. The molecule has 3 aromatic carbocycles. The van der Waals surface area contributed by atoms with Gasteiger partial charge in [0, 0.05) is 17.8 Å². The van der Waals surface area contributed by atoms with E-state index in [4.69, 9.17) is 14.2 Å². The van der Waals surface area contributed by atoms with E-state index in [0.29, 0.717) is 20.4 Å². The van der Waals surface area contributed by atoms with E-state index in [1.165, 1.54) is 50.6 Å². The Bertz CT molecular complexity index is 1400. The van der Waals surface area contributed by atoms with Crippen molar-refractivity contribution in [3.63, 3.8) is 0 Å². The number of hydrogen-bond donors (Lipinski definition) is 1. The molecule has 0 fully saturated rings. The van der Waals surface area contributed by atoms with Crippen molar-refractivity contribution in [1.82, 2.24) is 0 Å². The smallest absolute Gasteiger partial charge is 0.343 e. The highest BCUT2D eigenvalue weighted by molar-refractivity contribution is 14.1. The zero-order valence-corrected chi connectivity index (χ0v) is 21.1. The van der Waals surface area contributed by atoms with Crippen molar-refractivity contribution < 1.29 is 28.7 Å². The highest BCUT2D eigenvalue weighted by atomic mass is 127. The first-order chi connectivity index (χ1) is 17.2. The molecule has 0 aliphatic carbocycles. The van der Waals surface area contributed by atoms with Gasteiger partial charge in [-0.25, -0.2) is 4.79 Å². The SMILES string of the molecule is COc1ccc(C(=O)Oc2c(I)cc(/C=C(\C#N)C(=O)Nc3cccc([N+](=O)[O-])c3)cc2OC)cc1. The zero-order valence-electron chi connectivity index (χ0n) is 19.0. The topological polar surface area (TPSA) is 141 Å². The molecule has 0 atom stereocenters. The number of nitro benzene ring substituents is 1. The Balaban J connectivity index is 1.84. The van der Waals surface area contributed by atoms with Crippen molar-refractivity contribution in [2.24, 2.45) is 0 Å². The first-order valence-corrected chi connectivity index (χ1v) is 11.2. The van der Waals surface area contributed by atoms with Crippen molar-refractivity contribution >= 4 is 51.9 Å². The maximum Gasteiger partial charge on any atom is 0.343 e. The summed E-state index contributed by atoms with van der Waals surface area (Å²) in [6.07, 6.45) is 1.33. The van der Waals surface area contributed by atoms with E-state index >= 15 is 0 Å². The Morgan fingerprint density at radius 2 is 1.81 bits per heavy atom. The fraction of sp³-hybridized carbons (Fsp3) is 0.0800. The lowest BCUT2D eigenvalue weighted by molar-refractivity contribution is -0.384. The third kappa shape index (κ3) is 6.36. The third-order valence-corrected chi connectivity index (χ3v) is 5.56. The van der Waals surface area contributed by atoms with E-state index < -0.39 is 16.8 Å². The van der Waals surface area contributed by atoms with Crippen LogP contribution < -0.4 is 19.5 Å². The Morgan fingerprint density at radius 1 is 1.08 bits per heavy atom. The van der Waals surface area contributed by atoms with Crippen LogP contribution in [-0.2, 0) is 4.79 Å². The molecule has 0 spiro atoms. The lowest BCUT2D eigenvalue weighted by atomic mass is 10.1. The number of carbonyl (C=O) groups is 2. The van der Waals surface area contributed by atoms with Crippen LogP contribution in [0.25, 0.3) is 6.08 Å². The van der Waals surface area contributed by atoms with Crippen LogP contribution in [0.4, 0.5) is 11.4 Å². The molecule has 0 unspecified atom stereocenters. The molecular formula is C25H18IN3O7. The predicted octanol–water partition coefficient (Wildman–Crippen LogP) is 4.98. The summed E-state index contributed by atoms with van der Waals surface area (Å²) in [5.41, 5.74) is 0.466. The maximum atomic E-state index is 12.6. The lowest BCUT2D eigenvalue weighted by Crippen LogP contribution is -2.13. The molecule has 36 heavy (non-hydrogen) atoms. The standard InChI is InChI=1S/C25H18IN3O7/c1-34-20-8-6-16(7-9-20)25(31)36-23-21(26)11-15(12-22(23)35-2)10-17(14-27)24(30)28-18-4-3-5-19(13-18)29(32)33/h3-13H,1-2H3,(H,28,30)/b17-10+. The second-order valence-electron chi connectivity index (χ2n) is 7.08. The number of nitriles is 1.